The predicted octanol–water partition coefficient (Wildman–Crippen LogP) is 3.82. The van der Waals surface area contributed by atoms with Gasteiger partial charge in [-0.25, -0.2) is 14.2 Å². The molecule has 0 aliphatic carbocycles. The SMILES string of the molecule is CC[C@@H]1SC2=NC(C)=C(C(=O)OC(C)C)[C@H](c3ccc(F)cc3)N2C1=O. The average Bonchev–Trinajstić information content (AvgIpc) is 2.89. The zero-order chi connectivity index (χ0) is 19.0. The van der Waals surface area contributed by atoms with Crippen molar-refractivity contribution < 1.29 is 18.7 Å². The molecule has 2 aliphatic rings. The molecule has 1 aromatic carbocycles. The normalized spacial score (nSPS) is 22.6. The Labute approximate surface area is 156 Å². The minimum atomic E-state index is -0.661. The lowest BCUT2D eigenvalue weighted by atomic mass is 9.94. The van der Waals surface area contributed by atoms with Crippen molar-refractivity contribution in [3.8, 4) is 0 Å². The zero-order valence-electron chi connectivity index (χ0n) is 15.2. The topological polar surface area (TPSA) is 59.0 Å². The van der Waals surface area contributed by atoms with E-state index in [4.69, 9.17) is 4.74 Å². The number of benzene rings is 1. The van der Waals surface area contributed by atoms with Crippen molar-refractivity contribution in [2.45, 2.75) is 51.5 Å². The molecule has 1 saturated heterocycles. The molecule has 3 rings (SSSR count). The number of fused-ring (bicyclic) bond motifs is 1. The van der Waals surface area contributed by atoms with E-state index >= 15 is 0 Å². The Morgan fingerprint density at radius 2 is 2.00 bits per heavy atom. The number of allylic oxidation sites excluding steroid dienone is 1. The third-order valence-electron chi connectivity index (χ3n) is 4.27. The molecule has 0 aromatic heterocycles. The Kier molecular flexibility index (Phi) is 5.18. The molecule has 26 heavy (non-hydrogen) atoms. The largest absolute Gasteiger partial charge is 0.459 e. The van der Waals surface area contributed by atoms with Gasteiger partial charge in [0.1, 0.15) is 5.82 Å². The Hall–Kier alpha value is -2.15. The molecule has 5 nitrogen and oxygen atoms in total. The number of aliphatic imine (C=N–C) groups is 1. The minimum absolute atomic E-state index is 0.0899. The fourth-order valence-electron chi connectivity index (χ4n) is 3.09. The molecule has 0 radical (unpaired) electrons. The molecule has 2 aliphatic heterocycles. The number of amidine groups is 1. The summed E-state index contributed by atoms with van der Waals surface area (Å²) in [7, 11) is 0. The maximum absolute atomic E-state index is 13.4. The van der Waals surface area contributed by atoms with Gasteiger partial charge in [0.05, 0.1) is 28.7 Å². The molecule has 1 fully saturated rings. The van der Waals surface area contributed by atoms with Crippen LogP contribution in [0, 0.1) is 5.82 Å². The van der Waals surface area contributed by atoms with Crippen molar-refractivity contribution >= 4 is 28.8 Å². The van der Waals surface area contributed by atoms with Crippen LogP contribution in [0.5, 0.6) is 0 Å². The summed E-state index contributed by atoms with van der Waals surface area (Å²) in [5, 5.41) is 0.347. The first-order valence-electron chi connectivity index (χ1n) is 8.59. The highest BCUT2D eigenvalue weighted by molar-refractivity contribution is 8.15. The summed E-state index contributed by atoms with van der Waals surface area (Å²) in [6.45, 7) is 7.21. The van der Waals surface area contributed by atoms with Crippen LogP contribution in [0.25, 0.3) is 0 Å². The minimum Gasteiger partial charge on any atom is -0.459 e. The second-order valence-electron chi connectivity index (χ2n) is 6.52. The van der Waals surface area contributed by atoms with Gasteiger partial charge in [-0.3, -0.25) is 9.69 Å². The van der Waals surface area contributed by atoms with Gasteiger partial charge in [0.25, 0.3) is 0 Å². The lowest BCUT2D eigenvalue weighted by Gasteiger charge is -2.33. The van der Waals surface area contributed by atoms with E-state index in [1.165, 1.54) is 23.9 Å². The maximum Gasteiger partial charge on any atom is 0.338 e. The number of rotatable bonds is 4. The zero-order valence-corrected chi connectivity index (χ0v) is 16.0. The van der Waals surface area contributed by atoms with Crippen LogP contribution in [-0.2, 0) is 14.3 Å². The summed E-state index contributed by atoms with van der Waals surface area (Å²) in [4.78, 5) is 31.7. The van der Waals surface area contributed by atoms with E-state index in [0.717, 1.165) is 0 Å². The molecule has 1 aromatic rings. The summed E-state index contributed by atoms with van der Waals surface area (Å²) >= 11 is 1.40. The fraction of sp³-hybridized carbons (Fsp3) is 0.421. The van der Waals surface area contributed by atoms with Crippen molar-refractivity contribution in [2.24, 2.45) is 4.99 Å². The molecule has 0 N–H and O–H groups in total. The number of esters is 1. The van der Waals surface area contributed by atoms with Crippen molar-refractivity contribution in [1.82, 2.24) is 4.90 Å². The van der Waals surface area contributed by atoms with Gasteiger partial charge < -0.3 is 4.74 Å². The molecule has 0 bridgehead atoms. The van der Waals surface area contributed by atoms with Crippen molar-refractivity contribution in [3.05, 3.63) is 46.9 Å². The molecule has 2 heterocycles. The molecule has 1 amide bonds. The summed E-state index contributed by atoms with van der Waals surface area (Å²) in [5.41, 5.74) is 1.49. The van der Waals surface area contributed by atoms with Gasteiger partial charge in [-0.05, 0) is 44.9 Å². The van der Waals surface area contributed by atoms with Crippen molar-refractivity contribution in [2.75, 3.05) is 0 Å². The van der Waals surface area contributed by atoms with Crippen LogP contribution in [0.3, 0.4) is 0 Å². The van der Waals surface area contributed by atoms with Crippen LogP contribution < -0.4 is 0 Å². The Bertz CT molecular complexity index is 802. The average molecular weight is 376 g/mol. The quantitative estimate of drug-likeness (QED) is 0.750. The molecule has 7 heteroatoms. The van der Waals surface area contributed by atoms with Crippen LogP contribution in [0.2, 0.25) is 0 Å². The lowest BCUT2D eigenvalue weighted by molar-refractivity contribution is -0.143. The van der Waals surface area contributed by atoms with E-state index in [1.807, 2.05) is 6.92 Å². The predicted molar refractivity (Wildman–Crippen MR) is 99.0 cm³/mol. The number of hydrogen-bond donors (Lipinski definition) is 0. The highest BCUT2D eigenvalue weighted by Crippen LogP contribution is 2.44. The third-order valence-corrected chi connectivity index (χ3v) is 5.59. The van der Waals surface area contributed by atoms with E-state index in [1.54, 1.807) is 37.8 Å². The van der Waals surface area contributed by atoms with E-state index in [9.17, 15) is 14.0 Å². The number of nitrogens with zero attached hydrogens (tertiary/aromatic N) is 2. The summed E-state index contributed by atoms with van der Waals surface area (Å²) < 4.78 is 18.8. The molecule has 138 valence electrons. The van der Waals surface area contributed by atoms with Gasteiger partial charge in [-0.2, -0.15) is 0 Å². The second-order valence-corrected chi connectivity index (χ2v) is 7.69. The van der Waals surface area contributed by atoms with E-state index in [-0.39, 0.29) is 23.1 Å². The van der Waals surface area contributed by atoms with Gasteiger partial charge in [0, 0.05) is 0 Å². The summed E-state index contributed by atoms with van der Waals surface area (Å²) in [6, 6.07) is 5.18. The number of carbonyl (C=O) groups is 2. The molecule has 0 spiro atoms. The first kappa shape index (κ1) is 18.6. The highest BCUT2D eigenvalue weighted by atomic mass is 32.2. The lowest BCUT2D eigenvalue weighted by Crippen LogP contribution is -2.41. The molecule has 2 atom stereocenters. The fourth-order valence-corrected chi connectivity index (χ4v) is 4.22. The third kappa shape index (κ3) is 3.28. The maximum atomic E-state index is 13.4. The van der Waals surface area contributed by atoms with Crippen LogP contribution in [0.4, 0.5) is 4.39 Å². The van der Waals surface area contributed by atoms with Gasteiger partial charge in [-0.1, -0.05) is 30.8 Å². The van der Waals surface area contributed by atoms with E-state index in [2.05, 4.69) is 4.99 Å². The first-order chi connectivity index (χ1) is 12.3. The first-order valence-corrected chi connectivity index (χ1v) is 9.47. The highest BCUT2D eigenvalue weighted by Gasteiger charge is 2.47. The smallest absolute Gasteiger partial charge is 0.338 e. The van der Waals surface area contributed by atoms with Crippen LogP contribution >= 0.6 is 11.8 Å². The number of halogens is 1. The van der Waals surface area contributed by atoms with Gasteiger partial charge >= 0.3 is 5.97 Å². The van der Waals surface area contributed by atoms with Crippen LogP contribution in [-0.4, -0.2) is 33.3 Å². The Morgan fingerprint density at radius 1 is 1.35 bits per heavy atom. The summed E-state index contributed by atoms with van der Waals surface area (Å²) in [6.07, 6.45) is 0.370. The number of ether oxygens (including phenoxy) is 1. The van der Waals surface area contributed by atoms with Crippen LogP contribution in [0.1, 0.15) is 45.7 Å². The number of amides is 1. The van der Waals surface area contributed by atoms with Crippen molar-refractivity contribution in [1.29, 1.82) is 0 Å². The molecular weight excluding hydrogens is 355 g/mol. The van der Waals surface area contributed by atoms with Crippen LogP contribution in [0.15, 0.2) is 40.5 Å². The second kappa shape index (κ2) is 7.23. The van der Waals surface area contributed by atoms with E-state index in [0.29, 0.717) is 28.4 Å². The van der Waals surface area contributed by atoms with Gasteiger partial charge in [0.15, 0.2) is 5.17 Å². The monoisotopic (exact) mass is 376 g/mol. The summed E-state index contributed by atoms with van der Waals surface area (Å²) in [5.74, 6) is -0.973. The van der Waals surface area contributed by atoms with Gasteiger partial charge in [0.2, 0.25) is 5.91 Å². The number of hydrogen-bond acceptors (Lipinski definition) is 5. The van der Waals surface area contributed by atoms with E-state index < -0.39 is 12.0 Å². The standard InChI is InChI=1S/C19H21FN2O3S/c1-5-14-17(23)22-16(12-6-8-13(20)9-7-12)15(18(24)25-10(2)3)11(4)21-19(22)26-14/h6-10,14,16H,5H2,1-4H3/t14-,16-/m0/s1. The Balaban J connectivity index is 2.12. The number of carbonyl (C=O) groups excluding carboxylic acids is 2. The van der Waals surface area contributed by atoms with Gasteiger partial charge in [-0.15, -0.1) is 0 Å². The molecule has 0 saturated carbocycles. The number of thioether (sulfide) groups is 1. The molecule has 0 unspecified atom stereocenters. The van der Waals surface area contributed by atoms with Crippen molar-refractivity contribution in [3.63, 3.8) is 0 Å². The Morgan fingerprint density at radius 3 is 2.58 bits per heavy atom. The molecular formula is C19H21FN2O3S.